The SMILES string of the molecule is CC1(C)OCC(COP(=O)(OCCCNCc2ccccc2)OCc2ccccc2)O1. The Balaban J connectivity index is 1.44. The van der Waals surface area contributed by atoms with E-state index in [-0.39, 0.29) is 25.9 Å². The number of hydrogen-bond donors (Lipinski definition) is 1. The first-order valence-electron chi connectivity index (χ1n) is 10.6. The van der Waals surface area contributed by atoms with Gasteiger partial charge in [0.1, 0.15) is 6.10 Å². The number of ether oxygens (including phenoxy) is 2. The summed E-state index contributed by atoms with van der Waals surface area (Å²) < 4.78 is 41.2. The molecule has 31 heavy (non-hydrogen) atoms. The molecule has 0 aliphatic carbocycles. The van der Waals surface area contributed by atoms with Crippen molar-refractivity contribution < 1.29 is 27.6 Å². The van der Waals surface area contributed by atoms with Crippen LogP contribution in [-0.4, -0.2) is 38.3 Å². The normalized spacial score (nSPS) is 19.9. The molecule has 0 aromatic heterocycles. The molecule has 2 aromatic rings. The summed E-state index contributed by atoms with van der Waals surface area (Å²) in [4.78, 5) is 0. The minimum Gasteiger partial charge on any atom is -0.348 e. The van der Waals surface area contributed by atoms with Gasteiger partial charge in [-0.3, -0.25) is 13.6 Å². The molecule has 2 unspecified atom stereocenters. The summed E-state index contributed by atoms with van der Waals surface area (Å²) in [5.74, 6) is -0.672. The first-order chi connectivity index (χ1) is 14.9. The molecule has 1 N–H and O–H groups in total. The largest absolute Gasteiger partial charge is 0.475 e. The van der Waals surface area contributed by atoms with Crippen molar-refractivity contribution in [3.05, 3.63) is 71.8 Å². The zero-order valence-corrected chi connectivity index (χ0v) is 19.1. The van der Waals surface area contributed by atoms with E-state index in [1.165, 1.54) is 5.56 Å². The Morgan fingerprint density at radius 1 is 1.00 bits per heavy atom. The molecule has 8 heteroatoms. The highest BCUT2D eigenvalue weighted by atomic mass is 31.2. The molecule has 7 nitrogen and oxygen atoms in total. The van der Waals surface area contributed by atoms with Crippen molar-refractivity contribution in [3.8, 4) is 0 Å². The number of phosphoric acid groups is 1. The summed E-state index contributed by atoms with van der Waals surface area (Å²) in [6.45, 7) is 5.99. The first-order valence-corrected chi connectivity index (χ1v) is 12.0. The number of rotatable bonds is 13. The molecule has 1 heterocycles. The van der Waals surface area contributed by atoms with Crippen LogP contribution in [0.15, 0.2) is 60.7 Å². The van der Waals surface area contributed by atoms with Gasteiger partial charge in [-0.05, 0) is 37.9 Å². The van der Waals surface area contributed by atoms with E-state index in [0.717, 1.165) is 18.7 Å². The van der Waals surface area contributed by atoms with E-state index in [2.05, 4.69) is 17.4 Å². The number of benzene rings is 2. The molecular weight excluding hydrogens is 417 g/mol. The quantitative estimate of drug-likeness (QED) is 0.352. The van der Waals surface area contributed by atoms with Gasteiger partial charge in [0.05, 0.1) is 26.4 Å². The molecule has 3 rings (SSSR count). The molecule has 0 spiro atoms. The molecule has 2 atom stereocenters. The van der Waals surface area contributed by atoms with Gasteiger partial charge in [-0.15, -0.1) is 0 Å². The van der Waals surface area contributed by atoms with Gasteiger partial charge in [0.2, 0.25) is 0 Å². The monoisotopic (exact) mass is 449 g/mol. The topological polar surface area (TPSA) is 75.3 Å². The summed E-state index contributed by atoms with van der Waals surface area (Å²) in [7, 11) is -3.75. The van der Waals surface area contributed by atoms with Gasteiger partial charge in [0.15, 0.2) is 5.79 Å². The second-order valence-electron chi connectivity index (χ2n) is 7.80. The minimum absolute atomic E-state index is 0.0712. The smallest absolute Gasteiger partial charge is 0.348 e. The number of nitrogens with one attached hydrogen (secondary N) is 1. The zero-order chi connectivity index (χ0) is 22.0. The van der Waals surface area contributed by atoms with Crippen LogP contribution in [-0.2, 0) is 40.8 Å². The van der Waals surface area contributed by atoms with Crippen molar-refractivity contribution in [2.24, 2.45) is 0 Å². The van der Waals surface area contributed by atoms with Crippen LogP contribution in [0.2, 0.25) is 0 Å². The predicted octanol–water partition coefficient (Wildman–Crippen LogP) is 4.68. The summed E-state index contributed by atoms with van der Waals surface area (Å²) in [6, 6.07) is 19.7. The molecule has 170 valence electrons. The molecule has 1 aliphatic heterocycles. The van der Waals surface area contributed by atoms with Gasteiger partial charge in [-0.1, -0.05) is 60.7 Å². The standard InChI is InChI=1S/C23H32NO6P/c1-23(2)26-18-22(30-23)19-29-31(25,28-17-21-12-7-4-8-13-21)27-15-9-14-24-16-20-10-5-3-6-11-20/h3-8,10-13,22,24H,9,14-19H2,1-2H3. The molecule has 1 fully saturated rings. The van der Waals surface area contributed by atoms with E-state index < -0.39 is 13.6 Å². The third-order valence-corrected chi connectivity index (χ3v) is 6.05. The Hall–Kier alpha value is -1.57. The average molecular weight is 449 g/mol. The molecule has 0 amide bonds. The van der Waals surface area contributed by atoms with Crippen LogP contribution in [0.3, 0.4) is 0 Å². The Morgan fingerprint density at radius 2 is 1.68 bits per heavy atom. The van der Waals surface area contributed by atoms with E-state index in [9.17, 15) is 4.57 Å². The van der Waals surface area contributed by atoms with E-state index in [1.807, 2.05) is 62.4 Å². The van der Waals surface area contributed by atoms with Crippen molar-refractivity contribution in [1.82, 2.24) is 5.32 Å². The number of phosphoric ester groups is 1. The fraction of sp³-hybridized carbons (Fsp3) is 0.478. The van der Waals surface area contributed by atoms with Gasteiger partial charge in [-0.25, -0.2) is 4.57 Å². The molecule has 0 bridgehead atoms. The van der Waals surface area contributed by atoms with Crippen molar-refractivity contribution in [2.75, 3.05) is 26.4 Å². The van der Waals surface area contributed by atoms with E-state index in [4.69, 9.17) is 23.0 Å². The van der Waals surface area contributed by atoms with Crippen LogP contribution in [0.5, 0.6) is 0 Å². The number of hydrogen-bond acceptors (Lipinski definition) is 7. The highest BCUT2D eigenvalue weighted by Crippen LogP contribution is 2.50. The Morgan fingerprint density at radius 3 is 2.32 bits per heavy atom. The first kappa shape index (κ1) is 24.1. The Labute approximate surface area is 184 Å². The van der Waals surface area contributed by atoms with Gasteiger partial charge in [0.25, 0.3) is 0 Å². The lowest BCUT2D eigenvalue weighted by atomic mass is 10.2. The third kappa shape index (κ3) is 8.83. The summed E-state index contributed by atoms with van der Waals surface area (Å²) in [5, 5.41) is 3.34. The molecular formula is C23H32NO6P. The van der Waals surface area contributed by atoms with Crippen LogP contribution in [0, 0.1) is 0 Å². The minimum atomic E-state index is -3.75. The van der Waals surface area contributed by atoms with Crippen molar-refractivity contribution in [1.29, 1.82) is 0 Å². The van der Waals surface area contributed by atoms with Gasteiger partial charge < -0.3 is 14.8 Å². The Bertz CT molecular complexity index is 817. The molecule has 0 radical (unpaired) electrons. The maximum Gasteiger partial charge on any atom is 0.475 e. The van der Waals surface area contributed by atoms with Crippen LogP contribution in [0.4, 0.5) is 0 Å². The fourth-order valence-electron chi connectivity index (χ4n) is 3.06. The predicted molar refractivity (Wildman–Crippen MR) is 118 cm³/mol. The van der Waals surface area contributed by atoms with E-state index in [1.54, 1.807) is 0 Å². The van der Waals surface area contributed by atoms with E-state index in [0.29, 0.717) is 13.0 Å². The van der Waals surface area contributed by atoms with Crippen LogP contribution >= 0.6 is 7.82 Å². The highest BCUT2D eigenvalue weighted by Gasteiger charge is 2.36. The van der Waals surface area contributed by atoms with Crippen LogP contribution in [0.1, 0.15) is 31.4 Å². The lowest BCUT2D eigenvalue weighted by Crippen LogP contribution is -2.24. The van der Waals surface area contributed by atoms with Crippen LogP contribution in [0.25, 0.3) is 0 Å². The summed E-state index contributed by atoms with van der Waals surface area (Å²) in [5.41, 5.74) is 2.10. The highest BCUT2D eigenvalue weighted by molar-refractivity contribution is 7.48. The third-order valence-electron chi connectivity index (χ3n) is 4.64. The zero-order valence-electron chi connectivity index (χ0n) is 18.2. The molecule has 2 aromatic carbocycles. The molecule has 1 saturated heterocycles. The maximum absolute atomic E-state index is 13.2. The van der Waals surface area contributed by atoms with Crippen molar-refractivity contribution in [2.45, 2.75) is 45.3 Å². The fourth-order valence-corrected chi connectivity index (χ4v) is 4.29. The van der Waals surface area contributed by atoms with Crippen LogP contribution < -0.4 is 5.32 Å². The van der Waals surface area contributed by atoms with Gasteiger partial charge in [0, 0.05) is 6.54 Å². The second-order valence-corrected chi connectivity index (χ2v) is 9.47. The molecule has 1 aliphatic rings. The second kappa shape index (κ2) is 11.9. The van der Waals surface area contributed by atoms with Gasteiger partial charge >= 0.3 is 7.82 Å². The van der Waals surface area contributed by atoms with Crippen molar-refractivity contribution >= 4 is 7.82 Å². The molecule has 0 saturated carbocycles. The van der Waals surface area contributed by atoms with E-state index >= 15 is 0 Å². The lowest BCUT2D eigenvalue weighted by Gasteiger charge is -2.21. The lowest BCUT2D eigenvalue weighted by molar-refractivity contribution is -0.142. The van der Waals surface area contributed by atoms with Crippen molar-refractivity contribution in [3.63, 3.8) is 0 Å². The summed E-state index contributed by atoms with van der Waals surface area (Å²) in [6.07, 6.45) is 0.352. The Kier molecular flexibility index (Phi) is 9.23. The van der Waals surface area contributed by atoms with Gasteiger partial charge in [-0.2, -0.15) is 0 Å². The average Bonchev–Trinajstić information content (AvgIpc) is 3.14. The maximum atomic E-state index is 13.2. The summed E-state index contributed by atoms with van der Waals surface area (Å²) >= 11 is 0.